The van der Waals surface area contributed by atoms with Crippen molar-refractivity contribution in [3.63, 3.8) is 0 Å². The number of para-hydroxylation sites is 2. The molecule has 2 aromatic heterocycles. The van der Waals surface area contributed by atoms with E-state index >= 15 is 0 Å². The van der Waals surface area contributed by atoms with Crippen molar-refractivity contribution in [1.82, 2.24) is 25.4 Å². The van der Waals surface area contributed by atoms with Crippen LogP contribution in [-0.4, -0.2) is 45.6 Å². The number of hydrogen-bond donors (Lipinski definition) is 2. The molecular weight excluding hydrogens is 382 g/mol. The highest BCUT2D eigenvalue weighted by Gasteiger charge is 2.22. The van der Waals surface area contributed by atoms with Crippen LogP contribution < -0.4 is 5.32 Å². The molecule has 1 unspecified atom stereocenters. The number of aromatic amines is 1. The Morgan fingerprint density at radius 2 is 2.07 bits per heavy atom. The lowest BCUT2D eigenvalue weighted by molar-refractivity contribution is 0.0927. The van der Waals surface area contributed by atoms with E-state index in [0.29, 0.717) is 18.2 Å². The van der Waals surface area contributed by atoms with Crippen molar-refractivity contribution in [3.8, 4) is 0 Å². The molecule has 6 nitrogen and oxygen atoms in total. The zero-order valence-electron chi connectivity index (χ0n) is 16.1. The first-order valence-electron chi connectivity index (χ1n) is 10.0. The van der Waals surface area contributed by atoms with Crippen molar-refractivity contribution in [2.24, 2.45) is 5.92 Å². The largest absolute Gasteiger partial charge is 0.350 e. The zero-order valence-corrected chi connectivity index (χ0v) is 16.9. The number of amides is 1. The van der Waals surface area contributed by atoms with E-state index in [1.54, 1.807) is 11.3 Å². The Morgan fingerprint density at radius 1 is 1.21 bits per heavy atom. The number of carbonyl (C=O) groups excluding carboxylic acids is 1. The highest BCUT2D eigenvalue weighted by molar-refractivity contribution is 7.18. The SMILES string of the molecule is O=C(NCC1CCCN(Cc2nc3ccccc3s2)C1)c1n[nH]c2ccccc12. The minimum absolute atomic E-state index is 0.106. The molecule has 148 valence electrons. The van der Waals surface area contributed by atoms with Crippen LogP contribution in [-0.2, 0) is 6.54 Å². The molecule has 1 saturated heterocycles. The number of benzene rings is 2. The van der Waals surface area contributed by atoms with Gasteiger partial charge in [0.15, 0.2) is 5.69 Å². The van der Waals surface area contributed by atoms with Gasteiger partial charge < -0.3 is 5.32 Å². The zero-order chi connectivity index (χ0) is 19.6. The molecule has 0 saturated carbocycles. The summed E-state index contributed by atoms with van der Waals surface area (Å²) in [6, 6.07) is 16.0. The van der Waals surface area contributed by atoms with E-state index in [4.69, 9.17) is 4.98 Å². The van der Waals surface area contributed by atoms with Gasteiger partial charge in [-0.15, -0.1) is 11.3 Å². The van der Waals surface area contributed by atoms with Crippen LogP contribution >= 0.6 is 11.3 Å². The van der Waals surface area contributed by atoms with Gasteiger partial charge >= 0.3 is 0 Å². The highest BCUT2D eigenvalue weighted by Crippen LogP contribution is 2.25. The lowest BCUT2D eigenvalue weighted by Crippen LogP contribution is -2.40. The molecule has 2 N–H and O–H groups in total. The van der Waals surface area contributed by atoms with Crippen LogP contribution in [0.4, 0.5) is 0 Å². The van der Waals surface area contributed by atoms with Crippen LogP contribution in [0.5, 0.6) is 0 Å². The number of likely N-dealkylation sites (tertiary alicyclic amines) is 1. The molecule has 3 heterocycles. The van der Waals surface area contributed by atoms with Crippen LogP contribution in [0, 0.1) is 5.92 Å². The molecule has 1 amide bonds. The van der Waals surface area contributed by atoms with E-state index in [2.05, 4.69) is 38.6 Å². The first-order chi connectivity index (χ1) is 14.3. The second-order valence-electron chi connectivity index (χ2n) is 7.65. The molecule has 0 spiro atoms. The topological polar surface area (TPSA) is 73.9 Å². The Labute approximate surface area is 172 Å². The quantitative estimate of drug-likeness (QED) is 0.529. The summed E-state index contributed by atoms with van der Waals surface area (Å²) in [7, 11) is 0. The van der Waals surface area contributed by atoms with Gasteiger partial charge in [-0.1, -0.05) is 30.3 Å². The number of thiazole rings is 1. The lowest BCUT2D eigenvalue weighted by Gasteiger charge is -2.32. The Bertz CT molecular complexity index is 1120. The first-order valence-corrected chi connectivity index (χ1v) is 10.9. The average molecular weight is 406 g/mol. The molecule has 29 heavy (non-hydrogen) atoms. The van der Waals surface area contributed by atoms with Crippen molar-refractivity contribution in [2.45, 2.75) is 19.4 Å². The molecule has 0 aliphatic carbocycles. The molecule has 0 bridgehead atoms. The second-order valence-corrected chi connectivity index (χ2v) is 8.76. The number of hydrogen-bond acceptors (Lipinski definition) is 5. The van der Waals surface area contributed by atoms with Gasteiger partial charge in [0.25, 0.3) is 5.91 Å². The number of piperidine rings is 1. The molecule has 1 aliphatic heterocycles. The first kappa shape index (κ1) is 18.3. The molecule has 1 atom stereocenters. The fourth-order valence-corrected chi connectivity index (χ4v) is 5.11. The van der Waals surface area contributed by atoms with Crippen molar-refractivity contribution >= 4 is 38.4 Å². The Balaban J connectivity index is 1.19. The van der Waals surface area contributed by atoms with Crippen LogP contribution in [0.2, 0.25) is 0 Å². The van der Waals surface area contributed by atoms with Crippen molar-refractivity contribution in [3.05, 3.63) is 59.2 Å². The minimum atomic E-state index is -0.106. The third-order valence-corrected chi connectivity index (χ3v) is 6.56. The van der Waals surface area contributed by atoms with Crippen LogP contribution in [0.1, 0.15) is 28.3 Å². The molecule has 2 aromatic carbocycles. The Morgan fingerprint density at radius 3 is 3.00 bits per heavy atom. The number of rotatable bonds is 5. The number of fused-ring (bicyclic) bond motifs is 2. The van der Waals surface area contributed by atoms with Crippen LogP contribution in [0.3, 0.4) is 0 Å². The third-order valence-electron chi connectivity index (χ3n) is 5.54. The summed E-state index contributed by atoms with van der Waals surface area (Å²) in [5, 5.41) is 12.2. The van der Waals surface area contributed by atoms with Crippen molar-refractivity contribution in [2.75, 3.05) is 19.6 Å². The number of H-pyrrole nitrogens is 1. The summed E-state index contributed by atoms with van der Waals surface area (Å²) < 4.78 is 1.24. The summed E-state index contributed by atoms with van der Waals surface area (Å²) in [5.41, 5.74) is 2.44. The van der Waals surface area contributed by atoms with Crippen LogP contribution in [0.25, 0.3) is 21.1 Å². The van der Waals surface area contributed by atoms with Gasteiger partial charge in [0.05, 0.1) is 22.3 Å². The van der Waals surface area contributed by atoms with Crippen LogP contribution in [0.15, 0.2) is 48.5 Å². The summed E-state index contributed by atoms with van der Waals surface area (Å²) in [6.07, 6.45) is 2.29. The monoisotopic (exact) mass is 405 g/mol. The maximum atomic E-state index is 12.6. The van der Waals surface area contributed by atoms with E-state index in [9.17, 15) is 4.79 Å². The number of nitrogens with one attached hydrogen (secondary N) is 2. The summed E-state index contributed by atoms with van der Waals surface area (Å²) in [6.45, 7) is 3.63. The Hall–Kier alpha value is -2.77. The maximum absolute atomic E-state index is 12.6. The molecule has 7 heteroatoms. The Kier molecular flexibility index (Phi) is 4.99. The normalized spacial score (nSPS) is 17.7. The lowest BCUT2D eigenvalue weighted by atomic mass is 9.98. The number of nitrogens with zero attached hydrogens (tertiary/aromatic N) is 3. The van der Waals surface area contributed by atoms with Gasteiger partial charge in [-0.05, 0) is 43.5 Å². The predicted octanol–water partition coefficient (Wildman–Crippen LogP) is 3.81. The fraction of sp³-hybridized carbons (Fsp3) is 0.318. The van der Waals surface area contributed by atoms with Gasteiger partial charge in [-0.2, -0.15) is 5.10 Å². The smallest absolute Gasteiger partial charge is 0.272 e. The molecule has 0 radical (unpaired) electrons. The summed E-state index contributed by atoms with van der Waals surface area (Å²) in [4.78, 5) is 19.8. The number of aromatic nitrogens is 3. The molecule has 1 aliphatic rings. The summed E-state index contributed by atoms with van der Waals surface area (Å²) in [5.74, 6) is 0.345. The van der Waals surface area contributed by atoms with Gasteiger partial charge in [0.1, 0.15) is 5.01 Å². The average Bonchev–Trinajstić information content (AvgIpc) is 3.36. The highest BCUT2D eigenvalue weighted by atomic mass is 32.1. The minimum Gasteiger partial charge on any atom is -0.350 e. The van der Waals surface area contributed by atoms with E-state index < -0.39 is 0 Å². The second kappa shape index (κ2) is 7.93. The number of carbonyl (C=O) groups is 1. The van der Waals surface area contributed by atoms with E-state index in [0.717, 1.165) is 48.9 Å². The van der Waals surface area contributed by atoms with Gasteiger partial charge in [0, 0.05) is 18.5 Å². The van der Waals surface area contributed by atoms with Crippen molar-refractivity contribution < 1.29 is 4.79 Å². The van der Waals surface area contributed by atoms with Crippen molar-refractivity contribution in [1.29, 1.82) is 0 Å². The molecule has 1 fully saturated rings. The summed E-state index contributed by atoms with van der Waals surface area (Å²) >= 11 is 1.78. The van der Waals surface area contributed by atoms with E-state index in [1.807, 2.05) is 30.3 Å². The van der Waals surface area contributed by atoms with E-state index in [1.165, 1.54) is 9.71 Å². The molecular formula is C22H23N5OS. The standard InChI is InChI=1S/C22H23N5OS/c28-22(21-16-7-1-2-8-17(16)25-26-21)23-12-15-6-5-11-27(13-15)14-20-24-18-9-3-4-10-19(18)29-20/h1-4,7-10,15H,5-6,11-14H2,(H,23,28)(H,25,26). The van der Waals surface area contributed by atoms with Gasteiger partial charge in [0.2, 0.25) is 0 Å². The molecule has 4 aromatic rings. The third kappa shape index (κ3) is 3.88. The van der Waals surface area contributed by atoms with Gasteiger partial charge in [-0.25, -0.2) is 4.98 Å². The van der Waals surface area contributed by atoms with E-state index in [-0.39, 0.29) is 5.91 Å². The maximum Gasteiger partial charge on any atom is 0.272 e. The fourth-order valence-electron chi connectivity index (χ4n) is 4.10. The van der Waals surface area contributed by atoms with Gasteiger partial charge in [-0.3, -0.25) is 14.8 Å². The predicted molar refractivity (Wildman–Crippen MR) is 116 cm³/mol. The molecule has 5 rings (SSSR count).